The van der Waals surface area contributed by atoms with Gasteiger partial charge in [-0.1, -0.05) is 35.9 Å². The highest BCUT2D eigenvalue weighted by Gasteiger charge is 2.13. The Bertz CT molecular complexity index is 566. The van der Waals surface area contributed by atoms with Gasteiger partial charge in [-0.3, -0.25) is 0 Å². The number of ether oxygens (including phenoxy) is 1. The molecule has 2 aromatic carbocycles. The smallest absolute Gasteiger partial charge is 0.165 e. The third-order valence-electron chi connectivity index (χ3n) is 3.49. The first-order valence-corrected chi connectivity index (χ1v) is 6.70. The van der Waals surface area contributed by atoms with Gasteiger partial charge in [0, 0.05) is 6.04 Å². The lowest BCUT2D eigenvalue weighted by atomic mass is 9.98. The summed E-state index contributed by atoms with van der Waals surface area (Å²) in [6.45, 7) is 2.07. The molecular formula is C17H20FNO. The molecule has 1 atom stereocenters. The van der Waals surface area contributed by atoms with E-state index in [9.17, 15) is 4.39 Å². The summed E-state index contributed by atoms with van der Waals surface area (Å²) in [7, 11) is 3.36. The molecule has 0 aliphatic carbocycles. The molecule has 0 aromatic heterocycles. The number of rotatable bonds is 5. The van der Waals surface area contributed by atoms with Crippen molar-refractivity contribution in [3.63, 3.8) is 0 Å². The van der Waals surface area contributed by atoms with Crippen LogP contribution in [0.4, 0.5) is 4.39 Å². The molecule has 20 heavy (non-hydrogen) atoms. The van der Waals surface area contributed by atoms with E-state index in [2.05, 4.69) is 36.5 Å². The van der Waals surface area contributed by atoms with Crippen LogP contribution in [0, 0.1) is 12.7 Å². The third-order valence-corrected chi connectivity index (χ3v) is 3.49. The molecule has 0 amide bonds. The zero-order valence-electron chi connectivity index (χ0n) is 12.1. The molecule has 0 bridgehead atoms. The Labute approximate surface area is 119 Å². The van der Waals surface area contributed by atoms with E-state index in [4.69, 9.17) is 4.74 Å². The molecule has 106 valence electrons. The van der Waals surface area contributed by atoms with Crippen molar-refractivity contribution in [1.29, 1.82) is 0 Å². The normalized spacial score (nSPS) is 12.2. The molecule has 2 rings (SSSR count). The number of benzene rings is 2. The van der Waals surface area contributed by atoms with Gasteiger partial charge < -0.3 is 10.1 Å². The van der Waals surface area contributed by atoms with Gasteiger partial charge in [-0.15, -0.1) is 0 Å². The fourth-order valence-corrected chi connectivity index (χ4v) is 2.25. The molecule has 3 heteroatoms. The van der Waals surface area contributed by atoms with Crippen LogP contribution in [0.2, 0.25) is 0 Å². The van der Waals surface area contributed by atoms with Crippen LogP contribution in [-0.4, -0.2) is 14.2 Å². The minimum atomic E-state index is -0.325. The topological polar surface area (TPSA) is 21.3 Å². The van der Waals surface area contributed by atoms with Crippen molar-refractivity contribution < 1.29 is 9.13 Å². The van der Waals surface area contributed by atoms with Gasteiger partial charge in [0.25, 0.3) is 0 Å². The van der Waals surface area contributed by atoms with Crippen LogP contribution >= 0.6 is 0 Å². The largest absolute Gasteiger partial charge is 0.494 e. The van der Waals surface area contributed by atoms with Crippen molar-refractivity contribution in [2.45, 2.75) is 19.4 Å². The van der Waals surface area contributed by atoms with E-state index in [1.54, 1.807) is 6.07 Å². The van der Waals surface area contributed by atoms with Crippen LogP contribution in [0.1, 0.15) is 22.7 Å². The first-order valence-electron chi connectivity index (χ1n) is 6.70. The molecule has 0 aliphatic rings. The van der Waals surface area contributed by atoms with Gasteiger partial charge in [0.1, 0.15) is 0 Å². The van der Waals surface area contributed by atoms with Crippen molar-refractivity contribution >= 4 is 0 Å². The second kappa shape index (κ2) is 6.53. The molecule has 2 aromatic rings. The number of methoxy groups -OCH3 is 1. The number of hydrogen-bond donors (Lipinski definition) is 1. The minimum Gasteiger partial charge on any atom is -0.494 e. The van der Waals surface area contributed by atoms with Crippen LogP contribution in [0.5, 0.6) is 5.75 Å². The molecule has 0 fully saturated rings. The summed E-state index contributed by atoms with van der Waals surface area (Å²) in [6, 6.07) is 13.6. The van der Waals surface area contributed by atoms with Crippen LogP contribution in [0.3, 0.4) is 0 Å². The van der Waals surface area contributed by atoms with Gasteiger partial charge in [0.15, 0.2) is 11.6 Å². The Morgan fingerprint density at radius 1 is 1.15 bits per heavy atom. The predicted octanol–water partition coefficient (Wildman–Crippen LogP) is 3.65. The van der Waals surface area contributed by atoms with Crippen molar-refractivity contribution in [2.24, 2.45) is 0 Å². The fourth-order valence-electron chi connectivity index (χ4n) is 2.25. The summed E-state index contributed by atoms with van der Waals surface area (Å²) >= 11 is 0. The van der Waals surface area contributed by atoms with Crippen LogP contribution in [0.25, 0.3) is 0 Å². The molecule has 1 N–H and O–H groups in total. The molecule has 2 nitrogen and oxygen atoms in total. The molecule has 0 saturated heterocycles. The van der Waals surface area contributed by atoms with Crippen LogP contribution < -0.4 is 10.1 Å². The molecule has 0 heterocycles. The van der Waals surface area contributed by atoms with Crippen LogP contribution in [-0.2, 0) is 6.42 Å². The summed E-state index contributed by atoms with van der Waals surface area (Å²) in [5.74, 6) is -0.0481. The summed E-state index contributed by atoms with van der Waals surface area (Å²) in [4.78, 5) is 0. The van der Waals surface area contributed by atoms with E-state index in [-0.39, 0.29) is 17.6 Å². The Morgan fingerprint density at radius 3 is 2.40 bits per heavy atom. The SMILES string of the molecule is CNC(Cc1ccc(C)cc1)c1ccc(OC)c(F)c1. The Hall–Kier alpha value is -1.87. The molecule has 1 unspecified atom stereocenters. The summed E-state index contributed by atoms with van der Waals surface area (Å²) in [5.41, 5.74) is 3.39. The first-order chi connectivity index (χ1) is 9.63. The molecule has 0 aliphatic heterocycles. The number of aryl methyl sites for hydroxylation is 1. The van der Waals surface area contributed by atoms with E-state index in [1.807, 2.05) is 13.1 Å². The first kappa shape index (κ1) is 14.5. The van der Waals surface area contributed by atoms with Crippen molar-refractivity contribution in [1.82, 2.24) is 5.32 Å². The number of nitrogens with one attached hydrogen (secondary N) is 1. The maximum Gasteiger partial charge on any atom is 0.165 e. The van der Waals surface area contributed by atoms with Gasteiger partial charge in [0.05, 0.1) is 7.11 Å². The zero-order chi connectivity index (χ0) is 14.5. The molecular weight excluding hydrogens is 253 g/mol. The lowest BCUT2D eigenvalue weighted by Gasteiger charge is -2.17. The van der Waals surface area contributed by atoms with Gasteiger partial charge in [0.2, 0.25) is 0 Å². The molecule has 0 spiro atoms. The molecule has 0 radical (unpaired) electrons. The van der Waals surface area contributed by atoms with Crippen molar-refractivity contribution in [2.75, 3.05) is 14.2 Å². The number of halogens is 1. The molecule has 0 saturated carbocycles. The summed E-state index contributed by atoms with van der Waals surface area (Å²) in [6.07, 6.45) is 0.822. The average molecular weight is 273 g/mol. The Balaban J connectivity index is 2.19. The lowest BCUT2D eigenvalue weighted by molar-refractivity contribution is 0.385. The summed E-state index contributed by atoms with van der Waals surface area (Å²) in [5, 5.41) is 3.24. The Morgan fingerprint density at radius 2 is 1.85 bits per heavy atom. The minimum absolute atomic E-state index is 0.0816. The predicted molar refractivity (Wildman–Crippen MR) is 79.6 cm³/mol. The maximum absolute atomic E-state index is 13.8. The standard InChI is InChI=1S/C17H20FNO/c1-12-4-6-13(7-5-12)10-16(19-2)14-8-9-17(20-3)15(18)11-14/h4-9,11,16,19H,10H2,1-3H3. The van der Waals surface area contributed by atoms with Crippen LogP contribution in [0.15, 0.2) is 42.5 Å². The highest BCUT2D eigenvalue weighted by molar-refractivity contribution is 5.32. The van der Waals surface area contributed by atoms with Gasteiger partial charge in [-0.25, -0.2) is 4.39 Å². The highest BCUT2D eigenvalue weighted by atomic mass is 19.1. The van der Waals surface area contributed by atoms with E-state index >= 15 is 0 Å². The number of likely N-dealkylation sites (N-methyl/N-ethyl adjacent to an activating group) is 1. The summed E-state index contributed by atoms with van der Waals surface area (Å²) < 4.78 is 18.7. The van der Waals surface area contributed by atoms with Crippen molar-refractivity contribution in [3.05, 3.63) is 65.0 Å². The van der Waals surface area contributed by atoms with Gasteiger partial charge in [-0.2, -0.15) is 0 Å². The van der Waals surface area contributed by atoms with Gasteiger partial charge in [-0.05, 0) is 43.7 Å². The second-order valence-corrected chi connectivity index (χ2v) is 4.92. The second-order valence-electron chi connectivity index (χ2n) is 4.92. The quantitative estimate of drug-likeness (QED) is 0.898. The fraction of sp³-hybridized carbons (Fsp3) is 0.294. The average Bonchev–Trinajstić information content (AvgIpc) is 2.46. The van der Waals surface area contributed by atoms with E-state index in [0.717, 1.165) is 12.0 Å². The van der Waals surface area contributed by atoms with E-state index in [1.165, 1.54) is 24.3 Å². The van der Waals surface area contributed by atoms with Crippen molar-refractivity contribution in [3.8, 4) is 5.75 Å². The monoisotopic (exact) mass is 273 g/mol. The van der Waals surface area contributed by atoms with E-state index in [0.29, 0.717) is 0 Å². The zero-order valence-corrected chi connectivity index (χ0v) is 12.1. The maximum atomic E-state index is 13.8. The number of hydrogen-bond acceptors (Lipinski definition) is 2. The lowest BCUT2D eigenvalue weighted by Crippen LogP contribution is -2.19. The van der Waals surface area contributed by atoms with E-state index < -0.39 is 0 Å². The Kier molecular flexibility index (Phi) is 4.74. The van der Waals surface area contributed by atoms with Gasteiger partial charge >= 0.3 is 0 Å². The third kappa shape index (κ3) is 3.36. The highest BCUT2D eigenvalue weighted by Crippen LogP contribution is 2.24.